The summed E-state index contributed by atoms with van der Waals surface area (Å²) < 4.78 is 0. The lowest BCUT2D eigenvalue weighted by atomic mass is 10.2. The van der Waals surface area contributed by atoms with E-state index in [0.717, 1.165) is 17.9 Å². The Labute approximate surface area is 113 Å². The van der Waals surface area contributed by atoms with Crippen molar-refractivity contribution in [1.29, 1.82) is 0 Å². The van der Waals surface area contributed by atoms with Crippen molar-refractivity contribution >= 4 is 5.82 Å². The van der Waals surface area contributed by atoms with E-state index >= 15 is 0 Å². The zero-order valence-electron chi connectivity index (χ0n) is 11.0. The molecule has 19 heavy (non-hydrogen) atoms. The van der Waals surface area contributed by atoms with E-state index in [-0.39, 0.29) is 0 Å². The predicted octanol–water partition coefficient (Wildman–Crippen LogP) is 2.67. The van der Waals surface area contributed by atoms with E-state index in [1.54, 1.807) is 6.20 Å². The van der Waals surface area contributed by atoms with Gasteiger partial charge in [0.1, 0.15) is 12.4 Å². The minimum atomic E-state index is 0.466. The van der Waals surface area contributed by atoms with E-state index in [0.29, 0.717) is 13.2 Å². The lowest BCUT2D eigenvalue weighted by molar-refractivity contribution is -0.301. The van der Waals surface area contributed by atoms with Crippen LogP contribution >= 0.6 is 0 Å². The van der Waals surface area contributed by atoms with Gasteiger partial charge in [0.05, 0.1) is 6.61 Å². The first-order chi connectivity index (χ1) is 9.36. The molecule has 0 unspecified atom stereocenters. The number of nitrogens with zero attached hydrogens (tertiary/aromatic N) is 2. The van der Waals surface area contributed by atoms with Gasteiger partial charge in [-0.2, -0.15) is 0 Å². The average molecular weight is 258 g/mol. The minimum absolute atomic E-state index is 0.466. The first kappa shape index (κ1) is 13.5. The summed E-state index contributed by atoms with van der Waals surface area (Å²) in [6, 6.07) is 15.8. The fraction of sp³-hybridized carbons (Fsp3) is 0.267. The van der Waals surface area contributed by atoms with Crippen molar-refractivity contribution in [3.63, 3.8) is 0 Å². The van der Waals surface area contributed by atoms with E-state index in [4.69, 9.17) is 9.78 Å². The molecule has 0 spiro atoms. The van der Waals surface area contributed by atoms with Gasteiger partial charge in [0.25, 0.3) is 0 Å². The summed E-state index contributed by atoms with van der Waals surface area (Å²) in [6.45, 7) is 1.69. The van der Waals surface area contributed by atoms with Crippen LogP contribution in [0.25, 0.3) is 0 Å². The SMILES string of the molecule is CN(CCOOCc1ccccc1)c1ccccn1. The number of anilines is 1. The van der Waals surface area contributed by atoms with E-state index in [9.17, 15) is 0 Å². The molecule has 4 nitrogen and oxygen atoms in total. The smallest absolute Gasteiger partial charge is 0.128 e. The predicted molar refractivity (Wildman–Crippen MR) is 74.7 cm³/mol. The molecule has 0 radical (unpaired) electrons. The maximum Gasteiger partial charge on any atom is 0.128 e. The zero-order chi connectivity index (χ0) is 13.3. The highest BCUT2D eigenvalue weighted by Crippen LogP contribution is 2.06. The maximum atomic E-state index is 5.16. The molecule has 0 N–H and O–H groups in total. The van der Waals surface area contributed by atoms with Gasteiger partial charge in [-0.1, -0.05) is 36.4 Å². The second-order valence-corrected chi connectivity index (χ2v) is 4.18. The number of pyridine rings is 1. The molecule has 0 amide bonds. The van der Waals surface area contributed by atoms with Crippen LogP contribution in [0.1, 0.15) is 5.56 Å². The molecule has 1 aromatic carbocycles. The number of likely N-dealkylation sites (N-methyl/N-ethyl adjacent to an activating group) is 1. The normalized spacial score (nSPS) is 10.4. The Balaban J connectivity index is 1.62. The van der Waals surface area contributed by atoms with Gasteiger partial charge in [0.15, 0.2) is 0 Å². The van der Waals surface area contributed by atoms with Crippen molar-refractivity contribution < 1.29 is 9.78 Å². The number of aromatic nitrogens is 1. The third-order valence-corrected chi connectivity index (χ3v) is 2.70. The molecule has 0 bridgehead atoms. The van der Waals surface area contributed by atoms with Crippen LogP contribution in [0.2, 0.25) is 0 Å². The molecule has 0 aliphatic carbocycles. The Morgan fingerprint density at radius 3 is 2.53 bits per heavy atom. The summed E-state index contributed by atoms with van der Waals surface area (Å²) in [6.07, 6.45) is 1.78. The van der Waals surface area contributed by atoms with Crippen molar-refractivity contribution in [3.05, 3.63) is 60.3 Å². The molecule has 100 valence electrons. The summed E-state index contributed by atoms with van der Waals surface area (Å²) in [5.74, 6) is 0.925. The first-order valence-electron chi connectivity index (χ1n) is 6.27. The van der Waals surface area contributed by atoms with Gasteiger partial charge in [-0.3, -0.25) is 0 Å². The van der Waals surface area contributed by atoms with Crippen LogP contribution in [0.3, 0.4) is 0 Å². The summed E-state index contributed by atoms with van der Waals surface area (Å²) in [5.41, 5.74) is 1.10. The van der Waals surface area contributed by atoms with Gasteiger partial charge in [0, 0.05) is 19.8 Å². The molecule has 0 aliphatic rings. The summed E-state index contributed by atoms with van der Waals surface area (Å²) in [7, 11) is 1.98. The average Bonchev–Trinajstić information content (AvgIpc) is 2.49. The number of rotatable bonds is 7. The maximum absolute atomic E-state index is 5.16. The third kappa shape index (κ3) is 4.69. The second-order valence-electron chi connectivity index (χ2n) is 4.18. The number of benzene rings is 1. The van der Waals surface area contributed by atoms with Crippen LogP contribution in [0.5, 0.6) is 0 Å². The molecule has 2 rings (SSSR count). The molecule has 2 aromatic rings. The summed E-state index contributed by atoms with van der Waals surface area (Å²) in [5, 5.41) is 0. The third-order valence-electron chi connectivity index (χ3n) is 2.70. The van der Waals surface area contributed by atoms with Crippen molar-refractivity contribution in [2.75, 3.05) is 25.1 Å². The van der Waals surface area contributed by atoms with Crippen LogP contribution in [0.4, 0.5) is 5.82 Å². The summed E-state index contributed by atoms with van der Waals surface area (Å²) >= 11 is 0. The molecule has 0 saturated heterocycles. The van der Waals surface area contributed by atoms with Gasteiger partial charge in [-0.15, -0.1) is 0 Å². The van der Waals surface area contributed by atoms with Crippen molar-refractivity contribution in [1.82, 2.24) is 4.98 Å². The van der Waals surface area contributed by atoms with Crippen LogP contribution in [0, 0.1) is 0 Å². The van der Waals surface area contributed by atoms with Gasteiger partial charge >= 0.3 is 0 Å². The van der Waals surface area contributed by atoms with Gasteiger partial charge < -0.3 is 4.90 Å². The second kappa shape index (κ2) is 7.51. The lowest BCUT2D eigenvalue weighted by Crippen LogP contribution is -2.23. The van der Waals surface area contributed by atoms with Crippen molar-refractivity contribution in [2.24, 2.45) is 0 Å². The lowest BCUT2D eigenvalue weighted by Gasteiger charge is -2.17. The fourth-order valence-corrected chi connectivity index (χ4v) is 1.61. The van der Waals surface area contributed by atoms with Gasteiger partial charge in [0.2, 0.25) is 0 Å². The van der Waals surface area contributed by atoms with Crippen LogP contribution in [0.15, 0.2) is 54.7 Å². The van der Waals surface area contributed by atoms with E-state index in [2.05, 4.69) is 4.98 Å². The number of hydrogen-bond donors (Lipinski definition) is 0. The zero-order valence-corrected chi connectivity index (χ0v) is 11.0. The minimum Gasteiger partial charge on any atom is -0.357 e. The highest BCUT2D eigenvalue weighted by molar-refractivity contribution is 5.36. The molecule has 0 atom stereocenters. The number of hydrogen-bond acceptors (Lipinski definition) is 4. The molecule has 0 aliphatic heterocycles. The van der Waals surface area contributed by atoms with Gasteiger partial charge in [-0.25, -0.2) is 14.8 Å². The van der Waals surface area contributed by atoms with E-state index < -0.39 is 0 Å². The molecular formula is C15H18N2O2. The quantitative estimate of drug-likeness (QED) is 0.434. The topological polar surface area (TPSA) is 34.6 Å². The summed E-state index contributed by atoms with van der Waals surface area (Å²) in [4.78, 5) is 16.6. The Morgan fingerprint density at radius 1 is 1.00 bits per heavy atom. The first-order valence-corrected chi connectivity index (χ1v) is 6.27. The van der Waals surface area contributed by atoms with Crippen LogP contribution in [-0.4, -0.2) is 25.2 Å². The van der Waals surface area contributed by atoms with E-state index in [1.807, 2.05) is 60.5 Å². The fourth-order valence-electron chi connectivity index (χ4n) is 1.61. The largest absolute Gasteiger partial charge is 0.357 e. The van der Waals surface area contributed by atoms with Crippen LogP contribution in [-0.2, 0) is 16.4 Å². The monoisotopic (exact) mass is 258 g/mol. The Bertz CT molecular complexity index is 462. The molecule has 0 fully saturated rings. The Kier molecular flexibility index (Phi) is 5.34. The molecule has 1 aromatic heterocycles. The van der Waals surface area contributed by atoms with Crippen LogP contribution < -0.4 is 4.90 Å². The molecule has 0 saturated carbocycles. The highest BCUT2D eigenvalue weighted by atomic mass is 17.2. The molecular weight excluding hydrogens is 240 g/mol. The molecule has 1 heterocycles. The van der Waals surface area contributed by atoms with E-state index in [1.165, 1.54) is 0 Å². The molecule has 4 heteroatoms. The Morgan fingerprint density at radius 2 is 1.79 bits per heavy atom. The van der Waals surface area contributed by atoms with Crippen molar-refractivity contribution in [2.45, 2.75) is 6.61 Å². The standard InChI is InChI=1S/C15H18N2O2/c1-17(15-9-5-6-10-16-15)11-12-18-19-13-14-7-3-2-4-8-14/h2-10H,11-13H2,1H3. The van der Waals surface area contributed by atoms with Gasteiger partial charge in [-0.05, 0) is 17.7 Å². The van der Waals surface area contributed by atoms with Crippen molar-refractivity contribution in [3.8, 4) is 0 Å². The Hall–Kier alpha value is -1.91. The highest BCUT2D eigenvalue weighted by Gasteiger charge is 2.01.